The Balaban J connectivity index is 0.00000160. The van der Waals surface area contributed by atoms with Crippen LogP contribution in [0.15, 0.2) is 60.7 Å². The van der Waals surface area contributed by atoms with Gasteiger partial charge in [-0.2, -0.15) is 0 Å². The minimum Gasteiger partial charge on any atom is -0.383 e. The molecule has 0 aliphatic rings. The van der Waals surface area contributed by atoms with E-state index < -0.39 is 0 Å². The standard InChI is InChI=1S/C23H23Cl2N3.2ClH/c24-11-14-28(15-12-25)16-13-26-22-19-7-3-4-8-21(19)27-23-18-6-2-1-5-17(18)9-10-20(22)23;;/h1-10H,11-16H2,(H,26,27);2*1H. The lowest BCUT2D eigenvalue weighted by Crippen LogP contribution is -2.32. The molecule has 3 nitrogen and oxygen atoms in total. The van der Waals surface area contributed by atoms with Crippen molar-refractivity contribution < 1.29 is 0 Å². The Bertz CT molecular complexity index is 1100. The van der Waals surface area contributed by atoms with Gasteiger partial charge in [-0.3, -0.25) is 4.90 Å². The van der Waals surface area contributed by atoms with E-state index in [0.29, 0.717) is 11.8 Å². The van der Waals surface area contributed by atoms with Crippen molar-refractivity contribution in [3.8, 4) is 0 Å². The number of pyridine rings is 1. The van der Waals surface area contributed by atoms with Crippen LogP contribution in [-0.4, -0.2) is 47.8 Å². The second-order valence-electron chi connectivity index (χ2n) is 6.83. The lowest BCUT2D eigenvalue weighted by molar-refractivity contribution is 0.319. The van der Waals surface area contributed by atoms with E-state index in [1.54, 1.807) is 0 Å². The van der Waals surface area contributed by atoms with Crippen molar-refractivity contribution in [2.75, 3.05) is 43.3 Å². The molecule has 0 fully saturated rings. The molecule has 0 spiro atoms. The molecule has 1 aromatic heterocycles. The highest BCUT2D eigenvalue weighted by atomic mass is 35.5. The summed E-state index contributed by atoms with van der Waals surface area (Å²) >= 11 is 11.9. The Morgan fingerprint density at radius 1 is 0.733 bits per heavy atom. The zero-order valence-electron chi connectivity index (χ0n) is 16.5. The molecule has 30 heavy (non-hydrogen) atoms. The molecule has 1 heterocycles. The third kappa shape index (κ3) is 5.22. The Labute approximate surface area is 199 Å². The number of anilines is 1. The molecule has 0 bridgehead atoms. The summed E-state index contributed by atoms with van der Waals surface area (Å²) in [4.78, 5) is 7.27. The van der Waals surface area contributed by atoms with Crippen LogP contribution in [0.1, 0.15) is 0 Å². The van der Waals surface area contributed by atoms with Gasteiger partial charge in [0.1, 0.15) is 0 Å². The number of alkyl halides is 2. The smallest absolute Gasteiger partial charge is 0.0808 e. The molecule has 4 rings (SSSR count). The first-order valence-corrected chi connectivity index (χ1v) is 10.7. The van der Waals surface area contributed by atoms with Crippen LogP contribution in [0.3, 0.4) is 0 Å². The van der Waals surface area contributed by atoms with Crippen molar-refractivity contribution in [3.05, 3.63) is 60.7 Å². The third-order valence-electron chi connectivity index (χ3n) is 5.11. The van der Waals surface area contributed by atoms with Crippen molar-refractivity contribution in [2.24, 2.45) is 0 Å². The van der Waals surface area contributed by atoms with Gasteiger partial charge in [-0.05, 0) is 11.5 Å². The van der Waals surface area contributed by atoms with Gasteiger partial charge in [0, 0.05) is 54.1 Å². The van der Waals surface area contributed by atoms with Gasteiger partial charge in [-0.1, -0.05) is 54.6 Å². The number of fused-ring (bicyclic) bond motifs is 4. The first-order valence-electron chi connectivity index (χ1n) is 9.60. The van der Waals surface area contributed by atoms with E-state index in [1.807, 2.05) is 6.07 Å². The van der Waals surface area contributed by atoms with Crippen LogP contribution >= 0.6 is 48.0 Å². The summed E-state index contributed by atoms with van der Waals surface area (Å²) in [6, 6.07) is 21.1. The van der Waals surface area contributed by atoms with Crippen molar-refractivity contribution in [1.82, 2.24) is 9.88 Å². The predicted molar refractivity (Wildman–Crippen MR) is 138 cm³/mol. The number of nitrogens with one attached hydrogen (secondary N) is 1. The minimum absolute atomic E-state index is 0. The van der Waals surface area contributed by atoms with Gasteiger partial charge in [0.25, 0.3) is 0 Å². The second kappa shape index (κ2) is 11.8. The molecule has 160 valence electrons. The molecule has 0 saturated heterocycles. The Morgan fingerprint density at radius 3 is 2.13 bits per heavy atom. The van der Waals surface area contributed by atoms with Gasteiger partial charge in [-0.15, -0.1) is 48.0 Å². The summed E-state index contributed by atoms with van der Waals surface area (Å²) in [5.41, 5.74) is 3.19. The van der Waals surface area contributed by atoms with Gasteiger partial charge in [0.15, 0.2) is 0 Å². The zero-order valence-corrected chi connectivity index (χ0v) is 19.6. The van der Waals surface area contributed by atoms with E-state index in [4.69, 9.17) is 28.2 Å². The predicted octanol–water partition coefficient (Wildman–Crippen LogP) is 6.58. The summed E-state index contributed by atoms with van der Waals surface area (Å²) < 4.78 is 0. The number of para-hydroxylation sites is 1. The number of aromatic nitrogens is 1. The lowest BCUT2D eigenvalue weighted by atomic mass is 10.0. The molecular formula is C23H25Cl4N3. The van der Waals surface area contributed by atoms with Gasteiger partial charge in [-0.25, -0.2) is 4.98 Å². The highest BCUT2D eigenvalue weighted by Crippen LogP contribution is 2.34. The van der Waals surface area contributed by atoms with E-state index in [9.17, 15) is 0 Å². The Hall–Kier alpha value is -1.49. The summed E-state index contributed by atoms with van der Waals surface area (Å²) in [6.45, 7) is 3.41. The number of hydrogen-bond acceptors (Lipinski definition) is 3. The molecule has 0 amide bonds. The highest BCUT2D eigenvalue weighted by Gasteiger charge is 2.12. The molecule has 0 aliphatic heterocycles. The molecule has 0 radical (unpaired) electrons. The summed E-state index contributed by atoms with van der Waals surface area (Å²) in [5, 5.41) is 8.36. The first kappa shape index (κ1) is 24.8. The van der Waals surface area contributed by atoms with Gasteiger partial charge >= 0.3 is 0 Å². The number of hydrogen-bond donors (Lipinski definition) is 1. The lowest BCUT2D eigenvalue weighted by Gasteiger charge is -2.21. The SMILES string of the molecule is Cl.Cl.ClCCN(CCCl)CCNc1c2ccccc2nc2c1ccc1ccccc12. The molecule has 0 atom stereocenters. The normalized spacial score (nSPS) is 10.9. The topological polar surface area (TPSA) is 28.2 Å². The fourth-order valence-corrected chi connectivity index (χ4v) is 4.21. The number of rotatable bonds is 8. The first-order chi connectivity index (χ1) is 13.8. The van der Waals surface area contributed by atoms with E-state index in [-0.39, 0.29) is 24.8 Å². The van der Waals surface area contributed by atoms with Crippen molar-refractivity contribution >= 4 is 86.3 Å². The second-order valence-corrected chi connectivity index (χ2v) is 7.59. The average Bonchev–Trinajstić information content (AvgIpc) is 2.73. The van der Waals surface area contributed by atoms with Crippen LogP contribution in [0, 0.1) is 0 Å². The monoisotopic (exact) mass is 483 g/mol. The fourth-order valence-electron chi connectivity index (χ4n) is 3.73. The van der Waals surface area contributed by atoms with Crippen molar-refractivity contribution in [1.29, 1.82) is 0 Å². The van der Waals surface area contributed by atoms with Crippen molar-refractivity contribution in [3.63, 3.8) is 0 Å². The largest absolute Gasteiger partial charge is 0.383 e. The molecule has 1 N–H and O–H groups in total. The van der Waals surface area contributed by atoms with Gasteiger partial charge in [0.05, 0.1) is 16.7 Å². The van der Waals surface area contributed by atoms with Gasteiger partial charge in [0.2, 0.25) is 0 Å². The average molecular weight is 485 g/mol. The maximum absolute atomic E-state index is 5.93. The fraction of sp³-hybridized carbons (Fsp3) is 0.261. The maximum atomic E-state index is 5.93. The molecule has 7 heteroatoms. The number of benzene rings is 3. The van der Waals surface area contributed by atoms with E-state index in [2.05, 4.69) is 64.8 Å². The Kier molecular flexibility index (Phi) is 9.73. The van der Waals surface area contributed by atoms with Gasteiger partial charge < -0.3 is 5.32 Å². The van der Waals surface area contributed by atoms with Crippen LogP contribution < -0.4 is 5.32 Å². The zero-order chi connectivity index (χ0) is 19.3. The molecule has 0 saturated carbocycles. The highest BCUT2D eigenvalue weighted by molar-refractivity contribution is 6.18. The van der Waals surface area contributed by atoms with Crippen molar-refractivity contribution in [2.45, 2.75) is 0 Å². The van der Waals surface area contributed by atoms with E-state index in [0.717, 1.165) is 53.7 Å². The molecule has 3 aromatic carbocycles. The minimum atomic E-state index is 0. The summed E-state index contributed by atoms with van der Waals surface area (Å²) in [6.07, 6.45) is 0. The number of halogens is 4. The quantitative estimate of drug-likeness (QED) is 0.174. The van der Waals surface area contributed by atoms with Crippen LogP contribution in [0.4, 0.5) is 5.69 Å². The van der Waals surface area contributed by atoms with Crippen LogP contribution in [0.2, 0.25) is 0 Å². The maximum Gasteiger partial charge on any atom is 0.0808 e. The molecule has 0 unspecified atom stereocenters. The van der Waals surface area contributed by atoms with Crippen LogP contribution in [-0.2, 0) is 0 Å². The van der Waals surface area contributed by atoms with E-state index in [1.165, 1.54) is 10.8 Å². The Morgan fingerprint density at radius 2 is 1.40 bits per heavy atom. The molecule has 4 aromatic rings. The summed E-state index contributed by atoms with van der Waals surface area (Å²) in [7, 11) is 0. The summed E-state index contributed by atoms with van der Waals surface area (Å²) in [5.74, 6) is 1.23. The van der Waals surface area contributed by atoms with E-state index >= 15 is 0 Å². The molecular weight excluding hydrogens is 460 g/mol. The molecule has 0 aliphatic carbocycles. The number of nitrogens with zero attached hydrogens (tertiary/aromatic N) is 2. The van der Waals surface area contributed by atoms with Crippen LogP contribution in [0.5, 0.6) is 0 Å². The van der Waals surface area contributed by atoms with Crippen LogP contribution in [0.25, 0.3) is 32.6 Å². The third-order valence-corrected chi connectivity index (χ3v) is 5.44.